The van der Waals surface area contributed by atoms with Gasteiger partial charge in [-0.15, -0.1) is 11.8 Å². The topological polar surface area (TPSA) is 68.3 Å². The van der Waals surface area contributed by atoms with E-state index in [1.165, 1.54) is 11.8 Å². The fraction of sp³-hybridized carbons (Fsp3) is 0.235. The number of nitrogens with one attached hydrogen (secondary N) is 1. The van der Waals surface area contributed by atoms with E-state index < -0.39 is 5.97 Å². The second-order valence-corrected chi connectivity index (χ2v) is 6.60. The molecule has 1 atom stereocenters. The minimum absolute atomic E-state index is 0.202. The van der Waals surface area contributed by atoms with Crippen molar-refractivity contribution in [3.8, 4) is 0 Å². The lowest BCUT2D eigenvalue weighted by Gasteiger charge is -2.16. The zero-order chi connectivity index (χ0) is 17.5. The Morgan fingerprint density at radius 1 is 1.29 bits per heavy atom. The molecule has 2 aromatic rings. The highest BCUT2D eigenvalue weighted by Crippen LogP contribution is 2.22. The number of amides is 1. The molecular formula is C17H17BrN2O3S. The molecule has 0 bridgehead atoms. The second-order valence-electron chi connectivity index (χ2n) is 4.95. The van der Waals surface area contributed by atoms with E-state index in [0.29, 0.717) is 10.6 Å². The Hall–Kier alpha value is -1.86. The lowest BCUT2D eigenvalue weighted by Crippen LogP contribution is -2.31. The number of ether oxygens (including phenoxy) is 1. The third-order valence-electron chi connectivity index (χ3n) is 3.27. The summed E-state index contributed by atoms with van der Waals surface area (Å²) in [5.41, 5.74) is 1.31. The molecule has 0 saturated heterocycles. The fourth-order valence-corrected chi connectivity index (χ4v) is 3.27. The van der Waals surface area contributed by atoms with Crippen LogP contribution in [0.2, 0.25) is 0 Å². The van der Waals surface area contributed by atoms with Gasteiger partial charge in [0.1, 0.15) is 5.03 Å². The van der Waals surface area contributed by atoms with Gasteiger partial charge in [0.15, 0.2) is 6.61 Å². The Balaban J connectivity index is 1.91. The number of rotatable bonds is 6. The molecule has 0 unspecified atom stereocenters. The van der Waals surface area contributed by atoms with Crippen molar-refractivity contribution in [1.82, 2.24) is 10.3 Å². The monoisotopic (exact) mass is 408 g/mol. The van der Waals surface area contributed by atoms with Crippen molar-refractivity contribution in [1.29, 1.82) is 0 Å². The summed E-state index contributed by atoms with van der Waals surface area (Å²) < 4.78 is 6.00. The molecule has 24 heavy (non-hydrogen) atoms. The Bertz CT molecular complexity index is 739. The first-order valence-corrected chi connectivity index (χ1v) is 9.24. The molecule has 1 amide bonds. The summed E-state index contributed by atoms with van der Waals surface area (Å²) in [7, 11) is 0. The third-order valence-corrected chi connectivity index (χ3v) is 4.70. The van der Waals surface area contributed by atoms with E-state index in [9.17, 15) is 9.59 Å². The molecule has 0 spiro atoms. The average Bonchev–Trinajstić information content (AvgIpc) is 2.59. The lowest BCUT2D eigenvalue weighted by atomic mass is 10.1. The van der Waals surface area contributed by atoms with Crippen molar-refractivity contribution in [2.45, 2.75) is 18.0 Å². The van der Waals surface area contributed by atoms with Crippen LogP contribution in [0.25, 0.3) is 0 Å². The van der Waals surface area contributed by atoms with E-state index in [1.54, 1.807) is 18.3 Å². The van der Waals surface area contributed by atoms with Crippen LogP contribution in [-0.4, -0.2) is 29.7 Å². The normalized spacial score (nSPS) is 11.6. The first kappa shape index (κ1) is 18.5. The van der Waals surface area contributed by atoms with Crippen molar-refractivity contribution < 1.29 is 14.3 Å². The maximum Gasteiger partial charge on any atom is 0.341 e. The zero-order valence-electron chi connectivity index (χ0n) is 13.3. The number of halogens is 1. The summed E-state index contributed by atoms with van der Waals surface area (Å²) in [4.78, 5) is 28.2. The van der Waals surface area contributed by atoms with Crippen LogP contribution in [0.1, 0.15) is 28.9 Å². The van der Waals surface area contributed by atoms with Crippen LogP contribution in [0.4, 0.5) is 0 Å². The summed E-state index contributed by atoms with van der Waals surface area (Å²) in [5, 5.41) is 3.38. The number of carbonyl (C=O) groups excluding carboxylic acids is 2. The van der Waals surface area contributed by atoms with Crippen LogP contribution in [-0.2, 0) is 9.53 Å². The molecular weight excluding hydrogens is 392 g/mol. The number of thioether (sulfide) groups is 1. The Kier molecular flexibility index (Phi) is 6.81. The maximum absolute atomic E-state index is 12.1. The van der Waals surface area contributed by atoms with Gasteiger partial charge in [-0.2, -0.15) is 0 Å². The van der Waals surface area contributed by atoms with E-state index in [0.717, 1.165) is 10.0 Å². The highest BCUT2D eigenvalue weighted by atomic mass is 79.9. The molecule has 1 aromatic carbocycles. The maximum atomic E-state index is 12.1. The van der Waals surface area contributed by atoms with Crippen molar-refractivity contribution in [3.63, 3.8) is 0 Å². The molecule has 0 aliphatic carbocycles. The molecule has 1 aromatic heterocycles. The van der Waals surface area contributed by atoms with Crippen LogP contribution in [0, 0.1) is 0 Å². The number of pyridine rings is 1. The minimum atomic E-state index is -0.559. The van der Waals surface area contributed by atoms with Crippen LogP contribution >= 0.6 is 27.7 Å². The summed E-state index contributed by atoms with van der Waals surface area (Å²) in [5.74, 6) is -0.919. The molecule has 126 valence electrons. The van der Waals surface area contributed by atoms with E-state index >= 15 is 0 Å². The number of hydrogen-bond donors (Lipinski definition) is 1. The van der Waals surface area contributed by atoms with E-state index in [1.807, 2.05) is 37.4 Å². The quantitative estimate of drug-likeness (QED) is 0.583. The van der Waals surface area contributed by atoms with Gasteiger partial charge in [-0.25, -0.2) is 9.78 Å². The van der Waals surface area contributed by atoms with Crippen LogP contribution in [0.15, 0.2) is 52.1 Å². The number of carbonyl (C=O) groups is 2. The standard InChI is InChI=1S/C17H17BrN2O3S/c1-11(12-6-3-4-8-14(12)18)20-15(21)10-23-17(22)13-7-5-9-19-16(13)24-2/h3-9,11H,10H2,1-2H3,(H,20,21)/t11-/m0/s1. The Morgan fingerprint density at radius 3 is 2.75 bits per heavy atom. The van der Waals surface area contributed by atoms with Gasteiger partial charge in [0.2, 0.25) is 0 Å². The van der Waals surface area contributed by atoms with Gasteiger partial charge in [-0.3, -0.25) is 4.79 Å². The molecule has 0 saturated carbocycles. The Morgan fingerprint density at radius 2 is 2.04 bits per heavy atom. The van der Waals surface area contributed by atoms with Gasteiger partial charge >= 0.3 is 5.97 Å². The summed E-state index contributed by atoms with van der Waals surface area (Å²) in [6.07, 6.45) is 3.43. The van der Waals surface area contributed by atoms with Gasteiger partial charge in [-0.1, -0.05) is 34.1 Å². The minimum Gasteiger partial charge on any atom is -0.452 e. The van der Waals surface area contributed by atoms with Gasteiger partial charge in [-0.05, 0) is 36.9 Å². The van der Waals surface area contributed by atoms with Crippen LogP contribution < -0.4 is 5.32 Å². The van der Waals surface area contributed by atoms with Crippen molar-refractivity contribution in [3.05, 3.63) is 58.2 Å². The molecule has 1 N–H and O–H groups in total. The number of esters is 1. The molecule has 0 fully saturated rings. The molecule has 7 heteroatoms. The number of aromatic nitrogens is 1. The van der Waals surface area contributed by atoms with Gasteiger partial charge in [0.05, 0.1) is 11.6 Å². The average molecular weight is 409 g/mol. The lowest BCUT2D eigenvalue weighted by molar-refractivity contribution is -0.124. The second kappa shape index (κ2) is 8.84. The molecule has 5 nitrogen and oxygen atoms in total. The van der Waals surface area contributed by atoms with Crippen molar-refractivity contribution >= 4 is 39.6 Å². The smallest absolute Gasteiger partial charge is 0.341 e. The number of nitrogens with zero attached hydrogens (tertiary/aromatic N) is 1. The molecule has 0 aliphatic heterocycles. The fourth-order valence-electron chi connectivity index (χ4n) is 2.10. The van der Waals surface area contributed by atoms with E-state index in [4.69, 9.17) is 4.74 Å². The first-order chi connectivity index (χ1) is 11.5. The predicted octanol–water partition coefficient (Wildman–Crippen LogP) is 3.60. The summed E-state index contributed by atoms with van der Waals surface area (Å²) in [6, 6.07) is 10.7. The largest absolute Gasteiger partial charge is 0.452 e. The zero-order valence-corrected chi connectivity index (χ0v) is 15.7. The van der Waals surface area contributed by atoms with Gasteiger partial charge in [0.25, 0.3) is 5.91 Å². The summed E-state index contributed by atoms with van der Waals surface area (Å²) >= 11 is 4.80. The SMILES string of the molecule is CSc1ncccc1C(=O)OCC(=O)N[C@@H](C)c1ccccc1Br. The Labute approximate surface area is 153 Å². The van der Waals surface area contributed by atoms with E-state index in [2.05, 4.69) is 26.2 Å². The highest BCUT2D eigenvalue weighted by molar-refractivity contribution is 9.10. The van der Waals surface area contributed by atoms with Gasteiger partial charge in [0, 0.05) is 10.7 Å². The number of hydrogen-bond acceptors (Lipinski definition) is 5. The molecule has 0 radical (unpaired) electrons. The van der Waals surface area contributed by atoms with E-state index in [-0.39, 0.29) is 18.6 Å². The molecule has 1 heterocycles. The molecule has 0 aliphatic rings. The highest BCUT2D eigenvalue weighted by Gasteiger charge is 2.16. The summed E-state index contributed by atoms with van der Waals surface area (Å²) in [6.45, 7) is 1.53. The first-order valence-electron chi connectivity index (χ1n) is 7.23. The third kappa shape index (κ3) is 4.82. The van der Waals surface area contributed by atoms with Crippen molar-refractivity contribution in [2.75, 3.05) is 12.9 Å². The van der Waals surface area contributed by atoms with Crippen LogP contribution in [0.5, 0.6) is 0 Å². The number of benzene rings is 1. The van der Waals surface area contributed by atoms with Gasteiger partial charge < -0.3 is 10.1 Å². The predicted molar refractivity (Wildman–Crippen MR) is 97.0 cm³/mol. The molecule has 2 rings (SSSR count). The van der Waals surface area contributed by atoms with Crippen molar-refractivity contribution in [2.24, 2.45) is 0 Å². The van der Waals surface area contributed by atoms with Crippen LogP contribution in [0.3, 0.4) is 0 Å².